The number of likely N-dealkylation sites (N-methyl/N-ethyl adjacent to an activating group) is 1. The minimum atomic E-state index is -1.25. The van der Waals surface area contributed by atoms with Gasteiger partial charge < -0.3 is 20.2 Å². The third kappa shape index (κ3) is 3.46. The van der Waals surface area contributed by atoms with E-state index in [1.165, 1.54) is 18.9 Å². The molecule has 0 bridgehead atoms. The lowest BCUT2D eigenvalue weighted by molar-refractivity contribution is -0.144. The zero-order valence-electron chi connectivity index (χ0n) is 12.6. The van der Waals surface area contributed by atoms with E-state index < -0.39 is 17.5 Å². The van der Waals surface area contributed by atoms with Crippen molar-refractivity contribution in [2.75, 3.05) is 26.7 Å². The Morgan fingerprint density at radius 3 is 2.33 bits per heavy atom. The maximum absolute atomic E-state index is 12.1. The van der Waals surface area contributed by atoms with Crippen LogP contribution in [-0.4, -0.2) is 65.0 Å². The molecule has 0 aromatic heterocycles. The van der Waals surface area contributed by atoms with E-state index in [1.807, 2.05) is 0 Å². The summed E-state index contributed by atoms with van der Waals surface area (Å²) in [6, 6.07) is -0.514. The van der Waals surface area contributed by atoms with Crippen molar-refractivity contribution < 1.29 is 19.5 Å². The van der Waals surface area contributed by atoms with Crippen molar-refractivity contribution in [3.05, 3.63) is 0 Å². The lowest BCUT2D eigenvalue weighted by Crippen LogP contribution is -2.57. The molecule has 1 aliphatic carbocycles. The van der Waals surface area contributed by atoms with Gasteiger partial charge in [-0.15, -0.1) is 0 Å². The Kier molecular flexibility index (Phi) is 4.39. The number of hydrogen-bond acceptors (Lipinski definition) is 3. The monoisotopic (exact) mass is 297 g/mol. The number of amides is 3. The Morgan fingerprint density at radius 2 is 1.86 bits per heavy atom. The van der Waals surface area contributed by atoms with Crippen LogP contribution in [0.5, 0.6) is 0 Å². The Balaban J connectivity index is 1.89. The molecule has 21 heavy (non-hydrogen) atoms. The quantitative estimate of drug-likeness (QED) is 0.773. The smallest absolute Gasteiger partial charge is 0.329 e. The second-order valence-electron chi connectivity index (χ2n) is 6.16. The molecule has 2 rings (SSSR count). The van der Waals surface area contributed by atoms with Crippen LogP contribution in [0.4, 0.5) is 4.79 Å². The van der Waals surface area contributed by atoms with Crippen LogP contribution in [0.3, 0.4) is 0 Å². The molecular formula is C14H23N3O4. The average molecular weight is 297 g/mol. The maximum atomic E-state index is 12.1. The van der Waals surface area contributed by atoms with Crippen LogP contribution in [0, 0.1) is 5.92 Å². The molecule has 7 nitrogen and oxygen atoms in total. The van der Waals surface area contributed by atoms with Gasteiger partial charge in [0.2, 0.25) is 5.91 Å². The van der Waals surface area contributed by atoms with Gasteiger partial charge in [0.15, 0.2) is 0 Å². The minimum Gasteiger partial charge on any atom is -0.480 e. The number of aliphatic carboxylic acids is 1. The molecule has 7 heteroatoms. The van der Waals surface area contributed by atoms with Crippen LogP contribution in [-0.2, 0) is 9.59 Å². The highest BCUT2D eigenvalue weighted by molar-refractivity contribution is 5.89. The summed E-state index contributed by atoms with van der Waals surface area (Å²) in [5.74, 6) is -1.15. The van der Waals surface area contributed by atoms with Crippen molar-refractivity contribution in [3.8, 4) is 0 Å². The first kappa shape index (κ1) is 15.6. The van der Waals surface area contributed by atoms with Crippen LogP contribution in [0.15, 0.2) is 0 Å². The zero-order chi connectivity index (χ0) is 15.6. The number of nitrogens with one attached hydrogen (secondary N) is 1. The zero-order valence-corrected chi connectivity index (χ0v) is 12.6. The van der Waals surface area contributed by atoms with E-state index in [4.69, 9.17) is 0 Å². The highest BCUT2D eigenvalue weighted by atomic mass is 16.4. The molecule has 0 aromatic rings. The topological polar surface area (TPSA) is 90.0 Å². The summed E-state index contributed by atoms with van der Waals surface area (Å²) in [4.78, 5) is 38.5. The highest BCUT2D eigenvalue weighted by Crippen LogP contribution is 2.39. The van der Waals surface area contributed by atoms with Crippen molar-refractivity contribution in [2.24, 2.45) is 5.92 Å². The highest BCUT2D eigenvalue weighted by Gasteiger charge is 2.49. The van der Waals surface area contributed by atoms with Gasteiger partial charge in [-0.3, -0.25) is 4.79 Å². The number of rotatable bonds is 5. The summed E-state index contributed by atoms with van der Waals surface area (Å²) in [5.41, 5.74) is -1.25. The Bertz CT molecular complexity index is 444. The van der Waals surface area contributed by atoms with E-state index >= 15 is 0 Å². The van der Waals surface area contributed by atoms with E-state index in [1.54, 1.807) is 4.90 Å². The molecule has 118 valence electrons. The Hall–Kier alpha value is -1.79. The van der Waals surface area contributed by atoms with Crippen molar-refractivity contribution in [2.45, 2.75) is 38.1 Å². The molecule has 0 radical (unpaired) electrons. The van der Waals surface area contributed by atoms with Crippen LogP contribution >= 0.6 is 0 Å². The van der Waals surface area contributed by atoms with Crippen LogP contribution in [0.25, 0.3) is 0 Å². The van der Waals surface area contributed by atoms with Gasteiger partial charge in [0.1, 0.15) is 12.1 Å². The predicted octanol–water partition coefficient (Wildman–Crippen LogP) is 0.504. The molecule has 1 aliphatic heterocycles. The third-order valence-corrected chi connectivity index (χ3v) is 4.38. The van der Waals surface area contributed by atoms with Gasteiger partial charge >= 0.3 is 12.0 Å². The third-order valence-electron chi connectivity index (χ3n) is 4.38. The molecule has 1 saturated carbocycles. The number of carboxylic acid groups (broad SMARTS) is 1. The van der Waals surface area contributed by atoms with E-state index in [9.17, 15) is 19.5 Å². The predicted molar refractivity (Wildman–Crippen MR) is 75.7 cm³/mol. The largest absolute Gasteiger partial charge is 0.480 e. The molecule has 3 amide bonds. The normalized spacial score (nSPS) is 20.8. The molecule has 1 heterocycles. The molecule has 1 atom stereocenters. The minimum absolute atomic E-state index is 0.0216. The molecule has 2 N–H and O–H groups in total. The van der Waals surface area contributed by atoms with Crippen LogP contribution in [0.1, 0.15) is 32.6 Å². The number of hydrogen-bond donors (Lipinski definition) is 2. The van der Waals surface area contributed by atoms with Crippen molar-refractivity contribution >= 4 is 17.9 Å². The maximum Gasteiger partial charge on any atom is 0.329 e. The van der Waals surface area contributed by atoms with E-state index in [0.717, 1.165) is 38.8 Å². The average Bonchev–Trinajstić information content (AvgIpc) is 3.13. The van der Waals surface area contributed by atoms with Gasteiger partial charge in [0.25, 0.3) is 0 Å². The summed E-state index contributed by atoms with van der Waals surface area (Å²) >= 11 is 0. The van der Waals surface area contributed by atoms with Gasteiger partial charge in [0, 0.05) is 20.1 Å². The van der Waals surface area contributed by atoms with E-state index in [2.05, 4.69) is 5.32 Å². The number of likely N-dealkylation sites (tertiary alicyclic amines) is 1. The summed E-state index contributed by atoms with van der Waals surface area (Å²) < 4.78 is 0. The second kappa shape index (κ2) is 5.91. The molecule has 1 unspecified atom stereocenters. The van der Waals surface area contributed by atoms with Crippen molar-refractivity contribution in [3.63, 3.8) is 0 Å². The Morgan fingerprint density at radius 1 is 1.29 bits per heavy atom. The number of carbonyl (C=O) groups excluding carboxylic acids is 2. The fraction of sp³-hybridized carbons (Fsp3) is 0.786. The van der Waals surface area contributed by atoms with Gasteiger partial charge in [0.05, 0.1) is 0 Å². The summed E-state index contributed by atoms with van der Waals surface area (Å²) in [5, 5.41) is 11.9. The molecule has 0 spiro atoms. The first-order valence-electron chi connectivity index (χ1n) is 7.39. The molecule has 1 saturated heterocycles. The molecule has 2 aliphatic rings. The fourth-order valence-corrected chi connectivity index (χ4v) is 2.65. The summed E-state index contributed by atoms with van der Waals surface area (Å²) in [6.45, 7) is 2.99. The summed E-state index contributed by atoms with van der Waals surface area (Å²) in [6.07, 6.45) is 3.61. The van der Waals surface area contributed by atoms with Gasteiger partial charge in [-0.1, -0.05) is 0 Å². The lowest BCUT2D eigenvalue weighted by Gasteiger charge is -2.29. The van der Waals surface area contributed by atoms with Crippen LogP contribution in [0.2, 0.25) is 0 Å². The number of carbonyl (C=O) groups is 3. The molecular weight excluding hydrogens is 274 g/mol. The van der Waals surface area contributed by atoms with E-state index in [-0.39, 0.29) is 18.4 Å². The SMILES string of the molecule is CN(CC(=O)N1CCCC1)C(=O)NC(C)(C(=O)O)C1CC1. The number of carboxylic acids is 1. The number of nitrogens with zero attached hydrogens (tertiary/aromatic N) is 2. The van der Waals surface area contributed by atoms with Crippen molar-refractivity contribution in [1.82, 2.24) is 15.1 Å². The second-order valence-corrected chi connectivity index (χ2v) is 6.16. The Labute approximate surface area is 124 Å². The first-order valence-corrected chi connectivity index (χ1v) is 7.39. The van der Waals surface area contributed by atoms with Crippen LogP contribution < -0.4 is 5.32 Å². The standard InChI is InChI=1S/C14H23N3O4/c1-14(12(19)20,10-5-6-10)15-13(21)16(2)9-11(18)17-7-3-4-8-17/h10H,3-9H2,1-2H3,(H,15,21)(H,19,20). The first-order chi connectivity index (χ1) is 9.84. The fourth-order valence-electron chi connectivity index (χ4n) is 2.65. The van der Waals surface area contributed by atoms with E-state index in [0.29, 0.717) is 0 Å². The summed E-state index contributed by atoms with van der Waals surface area (Å²) in [7, 11) is 1.51. The van der Waals surface area contributed by atoms with Gasteiger partial charge in [-0.2, -0.15) is 0 Å². The molecule has 0 aromatic carbocycles. The van der Waals surface area contributed by atoms with Gasteiger partial charge in [-0.25, -0.2) is 9.59 Å². The van der Waals surface area contributed by atoms with Crippen molar-refractivity contribution in [1.29, 1.82) is 0 Å². The number of urea groups is 1. The molecule has 2 fully saturated rings. The lowest BCUT2D eigenvalue weighted by atomic mass is 9.96. The van der Waals surface area contributed by atoms with Gasteiger partial charge in [-0.05, 0) is 38.5 Å².